The Morgan fingerprint density at radius 1 is 0.338 bits per heavy atom. The van der Waals surface area contributed by atoms with Crippen molar-refractivity contribution < 1.29 is 3.89 Å². The molecule has 130 heavy (non-hydrogen) atoms. The highest BCUT2D eigenvalue weighted by molar-refractivity contribution is 9.11. The molecule has 4 aliphatic heterocycles. The fraction of sp³-hybridized carbons (Fsp3) is 0.385. The Kier molecular flexibility index (Phi) is 37.2. The van der Waals surface area contributed by atoms with Crippen molar-refractivity contribution in [1.29, 1.82) is 0 Å². The second kappa shape index (κ2) is 46.2. The van der Waals surface area contributed by atoms with E-state index >= 15 is 0 Å². The highest BCUT2D eigenvalue weighted by atomic mass is 79.9. The number of nitrogens with zero attached hydrogens (tertiary/aromatic N) is 12. The summed E-state index contributed by atoms with van der Waals surface area (Å²) in [5.74, 6) is 0.915. The molecule has 0 radical (unpaired) electrons. The largest absolute Gasteiger partial charge is 0.377 e. The lowest BCUT2D eigenvalue weighted by Gasteiger charge is -2.37. The van der Waals surface area contributed by atoms with E-state index in [0.29, 0.717) is 20.1 Å². The lowest BCUT2D eigenvalue weighted by atomic mass is 9.99. The molecule has 0 unspecified atom stereocenters. The van der Waals surface area contributed by atoms with E-state index in [2.05, 4.69) is 186 Å². The molecular weight excluding hydrogens is 1990 g/mol. The molecule has 0 aliphatic carbocycles. The van der Waals surface area contributed by atoms with Gasteiger partial charge in [-0.15, -0.1) is 0 Å². The minimum absolute atomic E-state index is 0. The molecule has 4 saturated heterocycles. The SMILES string of the molecule is C.C.C.CSF.[C-]#[N+]c1c(N2CCCC[C@@H]2C)c2cc(Cl)c(Br)cc2n(-c2ccccc2C(C)C)c1=O.[C-]#[N+]c1c(N2CCCC[C@@H]2C)c2cc(Cl)c(Br)cc2n(-c2ccccc2C(C)C)c1=O.[C-]#[N+]c1c(N2CCCC[C@@H]2C)c2cc(Cl)c(Br)cc2n(-c2ccccc2C(C)C)c1=O.[C-]#[N+]c1c(N2CCCC[C@@H]2C)c2cc(Cl)c(Br)cc2n(-c2ccccc2C(C)C)c1=O. The van der Waals surface area contributed by atoms with E-state index in [9.17, 15) is 23.1 Å². The second-order valence-corrected chi connectivity index (χ2v) is 39.4. The molecule has 4 aliphatic rings. The van der Waals surface area contributed by atoms with Crippen LogP contribution in [-0.2, 0) is 0 Å². The Labute approximate surface area is 824 Å². The molecule has 8 aromatic carbocycles. The molecule has 8 heterocycles. The third kappa shape index (κ3) is 21.3. The van der Waals surface area contributed by atoms with Crippen LogP contribution in [0.3, 0.4) is 0 Å². The van der Waals surface area contributed by atoms with Crippen LogP contribution in [0.25, 0.3) is 85.7 Å². The third-order valence-corrected chi connectivity index (χ3v) is 29.5. The van der Waals surface area contributed by atoms with Crippen LogP contribution in [0.15, 0.2) is 183 Å². The quantitative estimate of drug-likeness (QED) is 0.110. The number of anilines is 4. The summed E-state index contributed by atoms with van der Waals surface area (Å²) in [4.78, 5) is 79.3. The van der Waals surface area contributed by atoms with Gasteiger partial charge in [-0.3, -0.25) is 37.4 Å². The molecule has 12 aromatic rings. The van der Waals surface area contributed by atoms with E-state index in [0.717, 1.165) is 232 Å². The van der Waals surface area contributed by atoms with Crippen molar-refractivity contribution >= 4 is 211 Å². The molecule has 0 saturated carbocycles. The van der Waals surface area contributed by atoms with Gasteiger partial charge in [-0.2, -0.15) is 3.89 Å². The van der Waals surface area contributed by atoms with Gasteiger partial charge in [0.1, 0.15) is 0 Å². The summed E-state index contributed by atoms with van der Waals surface area (Å²) in [5.41, 5.74) is 12.9. The lowest BCUT2D eigenvalue weighted by Crippen LogP contribution is -2.38. The number of rotatable bonds is 12. The highest BCUT2D eigenvalue weighted by Gasteiger charge is 2.35. The summed E-state index contributed by atoms with van der Waals surface area (Å²) < 4.78 is 19.9. The van der Waals surface area contributed by atoms with Gasteiger partial charge in [0.05, 0.1) is 114 Å². The predicted molar refractivity (Wildman–Crippen MR) is 568 cm³/mol. The molecule has 0 spiro atoms. The number of piperidine rings is 4. The summed E-state index contributed by atoms with van der Waals surface area (Å²) >= 11 is 40.5. The Balaban J connectivity index is 0.000000192. The van der Waals surface area contributed by atoms with Gasteiger partial charge in [0.25, 0.3) is 45.0 Å². The van der Waals surface area contributed by atoms with Crippen LogP contribution < -0.4 is 41.8 Å². The smallest absolute Gasteiger partial charge is 0.274 e. The van der Waals surface area contributed by atoms with Crippen LogP contribution in [0.2, 0.25) is 20.1 Å². The zero-order valence-electron chi connectivity index (χ0n) is 73.6. The summed E-state index contributed by atoms with van der Waals surface area (Å²) in [7, 11) is 0. The third-order valence-electron chi connectivity index (χ3n) is 24.7. The van der Waals surface area contributed by atoms with Crippen LogP contribution >= 0.6 is 122 Å². The summed E-state index contributed by atoms with van der Waals surface area (Å²) in [6.07, 6.45) is 14.4. The van der Waals surface area contributed by atoms with Crippen molar-refractivity contribution in [3.8, 4) is 22.7 Å². The van der Waals surface area contributed by atoms with Gasteiger partial charge >= 0.3 is 0 Å². The van der Waals surface area contributed by atoms with Crippen LogP contribution in [0, 0.1) is 26.3 Å². The topological polar surface area (TPSA) is 118 Å². The molecule has 0 N–H and O–H groups in total. The molecule has 684 valence electrons. The van der Waals surface area contributed by atoms with E-state index in [1.807, 2.05) is 146 Å². The number of fused-ring (bicyclic) bond motifs is 4. The minimum Gasteiger partial charge on any atom is -0.377 e. The zero-order chi connectivity index (χ0) is 91.8. The summed E-state index contributed by atoms with van der Waals surface area (Å²) in [6.45, 7) is 60.5. The molecule has 4 aromatic heterocycles. The molecular formula is C104H115Br4Cl4FN12O4S. The molecule has 4 fully saturated rings. The van der Waals surface area contributed by atoms with E-state index in [-0.39, 0.29) is 127 Å². The van der Waals surface area contributed by atoms with Crippen molar-refractivity contribution in [3.63, 3.8) is 0 Å². The van der Waals surface area contributed by atoms with E-state index in [4.69, 9.17) is 72.7 Å². The van der Waals surface area contributed by atoms with E-state index in [1.165, 1.54) is 6.26 Å². The first-order valence-electron chi connectivity index (χ1n) is 43.2. The van der Waals surface area contributed by atoms with Gasteiger partial charge in [0.2, 0.25) is 0 Å². The number of para-hydroxylation sites is 4. The standard InChI is InChI=1S/4C25H25BrClN3O.CH3FS.3CH4/c4*1-15(2)17-10-5-6-11-21(17)30-22-14-19(26)20(27)13-18(22)24(23(28-4)25(30)31)29-12-8-7-9-16(29)3;1-3-2;;;/h4*5-6,10-11,13-16H,7-9,12H2,1-3H3;1H3;3*1H4/t4*16-;;;;/m0000..../s1. The van der Waals surface area contributed by atoms with Gasteiger partial charge in [0, 0.05) is 108 Å². The first-order chi connectivity index (χ1) is 60.8. The highest BCUT2D eigenvalue weighted by Crippen LogP contribution is 2.48. The summed E-state index contributed by atoms with van der Waals surface area (Å²) in [6, 6.07) is 47.9. The van der Waals surface area contributed by atoms with Crippen molar-refractivity contribution in [2.45, 2.75) is 230 Å². The van der Waals surface area contributed by atoms with Gasteiger partial charge < -0.3 is 19.6 Å². The van der Waals surface area contributed by atoms with Crippen molar-refractivity contribution in [2.75, 3.05) is 52.0 Å². The Hall–Kier alpha value is -8.88. The predicted octanol–water partition coefficient (Wildman–Crippen LogP) is 33.0. The van der Waals surface area contributed by atoms with Crippen LogP contribution in [0.1, 0.15) is 228 Å². The lowest BCUT2D eigenvalue weighted by molar-refractivity contribution is 0.486. The van der Waals surface area contributed by atoms with Crippen molar-refractivity contribution in [1.82, 2.24) is 18.3 Å². The van der Waals surface area contributed by atoms with Gasteiger partial charge in [-0.25, -0.2) is 19.4 Å². The van der Waals surface area contributed by atoms with Gasteiger partial charge in [-0.05, 0) is 287 Å². The fourth-order valence-corrected chi connectivity index (χ4v) is 20.4. The minimum atomic E-state index is -0.280. The number of hydrogen-bond acceptors (Lipinski definition) is 9. The monoisotopic (exact) mass is 2100 g/mol. The average molecular weight is 2110 g/mol. The van der Waals surface area contributed by atoms with E-state index < -0.39 is 0 Å². The molecule has 26 heteroatoms. The van der Waals surface area contributed by atoms with Crippen LogP contribution in [0.5, 0.6) is 0 Å². The maximum absolute atomic E-state index is 13.8. The number of hydrogen-bond donors (Lipinski definition) is 0. The Bertz CT molecular complexity index is 5860. The number of benzene rings is 8. The number of pyridine rings is 4. The van der Waals surface area contributed by atoms with Crippen molar-refractivity contribution in [3.05, 3.63) is 293 Å². The van der Waals surface area contributed by atoms with Crippen LogP contribution in [-0.4, -0.2) is 74.9 Å². The van der Waals surface area contributed by atoms with Crippen molar-refractivity contribution in [2.24, 2.45) is 0 Å². The first-order valence-corrected chi connectivity index (χ1v) is 49.0. The fourth-order valence-electron chi connectivity index (χ4n) is 18.4. The maximum atomic E-state index is 13.8. The number of halogens is 9. The molecule has 0 bridgehead atoms. The molecule has 16 nitrogen and oxygen atoms in total. The molecule has 4 atom stereocenters. The second-order valence-electron chi connectivity index (χ2n) is 34.1. The molecule has 16 rings (SSSR count). The summed E-state index contributed by atoms with van der Waals surface area (Å²) in [5, 5.41) is 5.62. The normalized spacial score (nSPS) is 16.0. The Morgan fingerprint density at radius 3 is 0.677 bits per heavy atom. The first kappa shape index (κ1) is 105. The van der Waals surface area contributed by atoms with Gasteiger partial charge in [0.15, 0.2) is 0 Å². The van der Waals surface area contributed by atoms with E-state index in [1.54, 1.807) is 18.3 Å². The average Bonchev–Trinajstić information content (AvgIpc) is 0.747. The Morgan fingerprint density at radius 2 is 0.515 bits per heavy atom. The number of aromatic nitrogens is 4. The maximum Gasteiger partial charge on any atom is 0.274 e. The molecule has 0 amide bonds. The van der Waals surface area contributed by atoms with Gasteiger partial charge in [-0.1, -0.05) is 197 Å². The van der Waals surface area contributed by atoms with Crippen LogP contribution in [0.4, 0.5) is 49.4 Å². The zero-order valence-corrected chi connectivity index (χ0v) is 83.8.